The smallest absolute Gasteiger partial charge is 0.223 e. The van der Waals surface area contributed by atoms with E-state index in [0.717, 1.165) is 27.7 Å². The molecule has 0 unspecified atom stereocenters. The average Bonchev–Trinajstić information content (AvgIpc) is 3.75. The lowest BCUT2D eigenvalue weighted by molar-refractivity contribution is 0.667. The maximum atomic E-state index is 6.44. The molecule has 0 fully saturated rings. The van der Waals surface area contributed by atoms with Gasteiger partial charge in [0.05, 0.1) is 11.0 Å². The second-order valence-corrected chi connectivity index (χ2v) is 12.5. The summed E-state index contributed by atoms with van der Waals surface area (Å²) in [7, 11) is 0. The van der Waals surface area contributed by atoms with Crippen LogP contribution in [0.3, 0.4) is 0 Å². The number of hydrogen-bond acceptors (Lipinski definition) is 4. The van der Waals surface area contributed by atoms with E-state index in [1.807, 2.05) is 35.6 Å². The summed E-state index contributed by atoms with van der Waals surface area (Å²) in [6, 6.07) is 42.7. The normalized spacial score (nSPS) is 12.2. The van der Waals surface area contributed by atoms with E-state index in [9.17, 15) is 0 Å². The number of furan rings is 1. The van der Waals surface area contributed by atoms with Gasteiger partial charge in [0, 0.05) is 53.0 Å². The maximum Gasteiger partial charge on any atom is 0.223 e. The summed E-state index contributed by atoms with van der Waals surface area (Å²) in [5, 5.41) is 8.83. The molecule has 6 heteroatoms. The Balaban J connectivity index is 1.27. The molecule has 4 nitrogen and oxygen atoms in total. The number of para-hydroxylation sites is 2. The van der Waals surface area contributed by atoms with E-state index in [1.54, 1.807) is 0 Å². The van der Waals surface area contributed by atoms with Gasteiger partial charge < -0.3 is 8.98 Å². The van der Waals surface area contributed by atoms with Crippen molar-refractivity contribution >= 4 is 97.8 Å². The van der Waals surface area contributed by atoms with Crippen LogP contribution in [0.1, 0.15) is 0 Å². The third-order valence-corrected chi connectivity index (χ3v) is 10.1. The zero-order chi connectivity index (χ0) is 28.9. The van der Waals surface area contributed by atoms with Crippen LogP contribution >= 0.6 is 22.9 Å². The van der Waals surface area contributed by atoms with E-state index in [0.29, 0.717) is 11.3 Å². The summed E-state index contributed by atoms with van der Waals surface area (Å²) < 4.78 is 11.3. The van der Waals surface area contributed by atoms with Crippen molar-refractivity contribution < 1.29 is 4.42 Å². The largest absolute Gasteiger partial charge is 0.452 e. The number of fused-ring (bicyclic) bond motifs is 13. The van der Waals surface area contributed by atoms with Crippen LogP contribution in [0, 0.1) is 0 Å². The van der Waals surface area contributed by atoms with Crippen molar-refractivity contribution in [3.8, 4) is 16.9 Å². The molecule has 0 bridgehead atoms. The highest BCUT2D eigenvalue weighted by Crippen LogP contribution is 2.48. The number of hydrogen-bond donors (Lipinski definition) is 0. The molecular weight excluding hydrogens is 582 g/mol. The fourth-order valence-corrected chi connectivity index (χ4v) is 8.36. The molecule has 44 heavy (non-hydrogen) atoms. The summed E-state index contributed by atoms with van der Waals surface area (Å²) in [5.74, 6) is 0. The third kappa shape index (κ3) is 3.23. The molecule has 0 saturated carbocycles. The molecule has 0 saturated heterocycles. The summed E-state index contributed by atoms with van der Waals surface area (Å²) in [6.07, 6.45) is 0. The molecule has 10 aromatic rings. The minimum atomic E-state index is 0.198. The first-order valence-electron chi connectivity index (χ1n) is 14.5. The van der Waals surface area contributed by atoms with Gasteiger partial charge in [-0.15, -0.1) is 11.3 Å². The summed E-state index contributed by atoms with van der Waals surface area (Å²) >= 11 is 8.32. The molecular formula is C38H20ClN3OS. The van der Waals surface area contributed by atoms with Crippen LogP contribution in [0.25, 0.3) is 91.8 Å². The number of rotatable bonds is 2. The molecule has 0 spiro atoms. The lowest BCUT2D eigenvalue weighted by Gasteiger charge is -2.12. The number of thiophene rings is 1. The predicted molar refractivity (Wildman–Crippen MR) is 184 cm³/mol. The summed E-state index contributed by atoms with van der Waals surface area (Å²) in [6.45, 7) is 0. The molecule has 10 rings (SSSR count). The lowest BCUT2D eigenvalue weighted by atomic mass is 10.00. The van der Waals surface area contributed by atoms with Crippen molar-refractivity contribution in [3.05, 3.63) is 127 Å². The fraction of sp³-hybridized carbons (Fsp3) is 0. The van der Waals surface area contributed by atoms with Crippen LogP contribution in [-0.4, -0.2) is 14.5 Å². The number of aromatic nitrogens is 3. The Labute approximate surface area is 259 Å². The van der Waals surface area contributed by atoms with Crippen molar-refractivity contribution in [2.45, 2.75) is 0 Å². The molecule has 0 amide bonds. The topological polar surface area (TPSA) is 43.9 Å². The van der Waals surface area contributed by atoms with E-state index < -0.39 is 0 Å². The standard InChI is InChI=1S/C38H20ClN3OS/c39-38-40-33(36-34(41-38)26-12-4-7-15-29(26)43-36)21-17-19-22(20-18-21)42-28-14-6-3-11-25(28)32-35(42)24-10-2-1-9-23(24)31-27-13-5-8-16-30(27)44-37(31)32/h1-20H. The van der Waals surface area contributed by atoms with Gasteiger partial charge in [0.15, 0.2) is 5.58 Å². The highest BCUT2D eigenvalue weighted by molar-refractivity contribution is 7.27. The van der Waals surface area contributed by atoms with Crippen LogP contribution in [0.15, 0.2) is 126 Å². The Morgan fingerprint density at radius 3 is 2.14 bits per heavy atom. The van der Waals surface area contributed by atoms with Crippen molar-refractivity contribution in [2.75, 3.05) is 0 Å². The molecule has 0 N–H and O–H groups in total. The first-order valence-corrected chi connectivity index (χ1v) is 15.6. The Hall–Kier alpha value is -5.23. The van der Waals surface area contributed by atoms with Crippen LogP contribution in [0.2, 0.25) is 5.28 Å². The van der Waals surface area contributed by atoms with E-state index >= 15 is 0 Å². The third-order valence-electron chi connectivity index (χ3n) is 8.74. The molecule has 206 valence electrons. The van der Waals surface area contributed by atoms with Crippen LogP contribution in [-0.2, 0) is 0 Å². The zero-order valence-corrected chi connectivity index (χ0v) is 24.7. The maximum absolute atomic E-state index is 6.44. The van der Waals surface area contributed by atoms with Gasteiger partial charge in [0.2, 0.25) is 5.28 Å². The fourth-order valence-electron chi connectivity index (χ4n) is 6.92. The number of halogens is 1. The van der Waals surface area contributed by atoms with E-state index in [2.05, 4.69) is 112 Å². The van der Waals surface area contributed by atoms with Crippen molar-refractivity contribution in [3.63, 3.8) is 0 Å². The van der Waals surface area contributed by atoms with Gasteiger partial charge >= 0.3 is 0 Å². The second-order valence-electron chi connectivity index (χ2n) is 11.1. The minimum absolute atomic E-state index is 0.198. The quantitative estimate of drug-likeness (QED) is 0.185. The molecule has 0 aliphatic carbocycles. The first kappa shape index (κ1) is 24.2. The predicted octanol–water partition coefficient (Wildman–Crippen LogP) is 11.3. The van der Waals surface area contributed by atoms with Crippen molar-refractivity contribution in [2.24, 2.45) is 0 Å². The molecule has 0 radical (unpaired) electrons. The summed E-state index contributed by atoms with van der Waals surface area (Å²) in [5.41, 5.74) is 7.20. The Morgan fingerprint density at radius 2 is 1.30 bits per heavy atom. The lowest BCUT2D eigenvalue weighted by Crippen LogP contribution is -1.95. The van der Waals surface area contributed by atoms with E-state index in [4.69, 9.17) is 16.0 Å². The second kappa shape index (κ2) is 8.89. The van der Waals surface area contributed by atoms with Gasteiger partial charge in [-0.25, -0.2) is 9.97 Å². The molecule has 6 aromatic carbocycles. The van der Waals surface area contributed by atoms with Gasteiger partial charge in [-0.05, 0) is 53.4 Å². The van der Waals surface area contributed by atoms with E-state index in [-0.39, 0.29) is 5.28 Å². The van der Waals surface area contributed by atoms with Gasteiger partial charge in [-0.1, -0.05) is 84.9 Å². The van der Waals surface area contributed by atoms with Gasteiger partial charge in [0.25, 0.3) is 0 Å². The first-order chi connectivity index (χ1) is 21.7. The van der Waals surface area contributed by atoms with Gasteiger partial charge in [-0.2, -0.15) is 0 Å². The monoisotopic (exact) mass is 601 g/mol. The van der Waals surface area contributed by atoms with Crippen molar-refractivity contribution in [1.82, 2.24) is 14.5 Å². The molecule has 0 atom stereocenters. The van der Waals surface area contributed by atoms with Crippen LogP contribution in [0.5, 0.6) is 0 Å². The Morgan fingerprint density at radius 1 is 0.614 bits per heavy atom. The SMILES string of the molecule is Clc1nc(-c2ccc(-n3c4ccccc4c4c5sc6ccccc6c5c5ccccc5c43)cc2)c2oc3ccccc3c2n1. The number of nitrogens with zero attached hydrogens (tertiary/aromatic N) is 3. The van der Waals surface area contributed by atoms with E-state index in [1.165, 1.54) is 52.8 Å². The molecule has 4 aromatic heterocycles. The Bertz CT molecular complexity index is 2790. The highest BCUT2D eigenvalue weighted by Gasteiger charge is 2.22. The molecule has 4 heterocycles. The van der Waals surface area contributed by atoms with Gasteiger partial charge in [-0.3, -0.25) is 0 Å². The van der Waals surface area contributed by atoms with Crippen LogP contribution in [0.4, 0.5) is 0 Å². The van der Waals surface area contributed by atoms with Crippen molar-refractivity contribution in [1.29, 1.82) is 0 Å². The molecule has 0 aliphatic rings. The van der Waals surface area contributed by atoms with Crippen LogP contribution < -0.4 is 0 Å². The highest BCUT2D eigenvalue weighted by atomic mass is 35.5. The number of benzene rings is 6. The van der Waals surface area contributed by atoms with Gasteiger partial charge in [0.1, 0.15) is 16.8 Å². The summed E-state index contributed by atoms with van der Waals surface area (Å²) in [4.78, 5) is 9.11. The zero-order valence-electron chi connectivity index (χ0n) is 23.1. The molecule has 0 aliphatic heterocycles. The minimum Gasteiger partial charge on any atom is -0.452 e. The Kier molecular flexibility index (Phi) is 4.90. The average molecular weight is 602 g/mol.